The summed E-state index contributed by atoms with van der Waals surface area (Å²) < 4.78 is 19.0. The van der Waals surface area contributed by atoms with Crippen molar-refractivity contribution >= 4 is 0 Å². The fraction of sp³-hybridized carbons (Fsp3) is 0.214. The van der Waals surface area contributed by atoms with E-state index in [1.807, 2.05) is 6.07 Å². The largest absolute Gasteiger partial charge is 0.486 e. The Morgan fingerprint density at radius 1 is 1.39 bits per heavy atom. The van der Waals surface area contributed by atoms with Gasteiger partial charge >= 0.3 is 0 Å². The lowest BCUT2D eigenvalue weighted by Crippen LogP contribution is -1.99. The van der Waals surface area contributed by atoms with Gasteiger partial charge in [0.15, 0.2) is 11.6 Å². The zero-order chi connectivity index (χ0) is 13.0. The maximum absolute atomic E-state index is 13.7. The number of aliphatic hydroxyl groups is 1. The Balaban J connectivity index is 2.06. The van der Waals surface area contributed by atoms with Crippen molar-refractivity contribution in [3.63, 3.8) is 0 Å². The average Bonchev–Trinajstić information content (AvgIpc) is 2.38. The Bertz CT molecular complexity index is 514. The van der Waals surface area contributed by atoms with E-state index >= 15 is 0 Å². The molecule has 0 aliphatic heterocycles. The van der Waals surface area contributed by atoms with Crippen molar-refractivity contribution in [3.05, 3.63) is 59.7 Å². The zero-order valence-corrected chi connectivity index (χ0v) is 10.0. The van der Waals surface area contributed by atoms with E-state index < -0.39 is 11.9 Å². The van der Waals surface area contributed by atoms with Gasteiger partial charge in [0.2, 0.25) is 0 Å². The number of benzene rings is 1. The number of hydrogen-bond acceptors (Lipinski definition) is 3. The summed E-state index contributed by atoms with van der Waals surface area (Å²) in [5, 5.41) is 9.33. The van der Waals surface area contributed by atoms with Crippen LogP contribution in [0.25, 0.3) is 0 Å². The molecule has 0 saturated heterocycles. The highest BCUT2D eigenvalue weighted by Gasteiger charge is 2.08. The molecule has 0 radical (unpaired) electrons. The molecule has 2 aromatic rings. The van der Waals surface area contributed by atoms with Gasteiger partial charge in [-0.05, 0) is 30.7 Å². The lowest BCUT2D eigenvalue weighted by atomic mass is 10.1. The molecule has 94 valence electrons. The molecule has 4 heteroatoms. The van der Waals surface area contributed by atoms with Gasteiger partial charge in [-0.25, -0.2) is 4.39 Å². The molecule has 1 aromatic carbocycles. The first-order chi connectivity index (χ1) is 8.66. The van der Waals surface area contributed by atoms with E-state index in [0.717, 1.165) is 5.56 Å². The van der Waals surface area contributed by atoms with Gasteiger partial charge in [0, 0.05) is 18.0 Å². The molecule has 0 amide bonds. The highest BCUT2D eigenvalue weighted by Crippen LogP contribution is 2.22. The van der Waals surface area contributed by atoms with Crippen molar-refractivity contribution in [2.24, 2.45) is 0 Å². The topological polar surface area (TPSA) is 42.4 Å². The SMILES string of the molecule is C[C@H](O)c1ccc(OCc2cccnc2)c(F)c1. The Kier molecular flexibility index (Phi) is 3.89. The number of rotatable bonds is 4. The summed E-state index contributed by atoms with van der Waals surface area (Å²) in [6, 6.07) is 8.10. The predicted octanol–water partition coefficient (Wildman–Crippen LogP) is 2.85. The van der Waals surface area contributed by atoms with Crippen molar-refractivity contribution < 1.29 is 14.2 Å². The summed E-state index contributed by atoms with van der Waals surface area (Å²) in [6.45, 7) is 1.85. The summed E-state index contributed by atoms with van der Waals surface area (Å²) >= 11 is 0. The number of pyridine rings is 1. The minimum Gasteiger partial charge on any atom is -0.486 e. The number of aliphatic hydroxyl groups excluding tert-OH is 1. The summed E-state index contributed by atoms with van der Waals surface area (Å²) in [7, 11) is 0. The van der Waals surface area contributed by atoms with Crippen LogP contribution < -0.4 is 4.74 Å². The Morgan fingerprint density at radius 2 is 2.22 bits per heavy atom. The summed E-state index contributed by atoms with van der Waals surface area (Å²) in [5.74, 6) is -0.305. The molecule has 0 saturated carbocycles. The molecule has 1 atom stereocenters. The third-order valence-corrected chi connectivity index (χ3v) is 2.56. The second kappa shape index (κ2) is 5.60. The molecule has 2 rings (SSSR count). The van der Waals surface area contributed by atoms with Crippen LogP contribution in [-0.4, -0.2) is 10.1 Å². The first-order valence-corrected chi connectivity index (χ1v) is 5.66. The number of ether oxygens (including phenoxy) is 1. The summed E-state index contributed by atoms with van der Waals surface area (Å²) in [4.78, 5) is 3.95. The van der Waals surface area contributed by atoms with Crippen LogP contribution in [0.2, 0.25) is 0 Å². The molecular weight excluding hydrogens is 233 g/mol. The minimum atomic E-state index is -0.688. The van der Waals surface area contributed by atoms with E-state index in [1.165, 1.54) is 12.1 Å². The third-order valence-electron chi connectivity index (χ3n) is 2.56. The van der Waals surface area contributed by atoms with Crippen LogP contribution in [0.15, 0.2) is 42.7 Å². The molecule has 1 heterocycles. The van der Waals surface area contributed by atoms with Gasteiger partial charge in [-0.1, -0.05) is 12.1 Å². The third kappa shape index (κ3) is 3.05. The van der Waals surface area contributed by atoms with E-state index in [-0.39, 0.29) is 12.4 Å². The smallest absolute Gasteiger partial charge is 0.165 e. The Hall–Kier alpha value is -1.94. The second-order valence-electron chi connectivity index (χ2n) is 4.02. The number of nitrogens with zero attached hydrogens (tertiary/aromatic N) is 1. The van der Waals surface area contributed by atoms with Crippen molar-refractivity contribution in [1.29, 1.82) is 0 Å². The summed E-state index contributed by atoms with van der Waals surface area (Å²) in [5.41, 5.74) is 1.40. The first kappa shape index (κ1) is 12.5. The van der Waals surface area contributed by atoms with Crippen molar-refractivity contribution in [2.45, 2.75) is 19.6 Å². The normalized spacial score (nSPS) is 12.2. The molecule has 1 N–H and O–H groups in total. The van der Waals surface area contributed by atoms with Gasteiger partial charge in [0.1, 0.15) is 6.61 Å². The molecule has 0 aliphatic carbocycles. The number of halogens is 1. The monoisotopic (exact) mass is 247 g/mol. The van der Waals surface area contributed by atoms with Crippen LogP contribution in [0.1, 0.15) is 24.2 Å². The van der Waals surface area contributed by atoms with Gasteiger partial charge in [0.25, 0.3) is 0 Å². The van der Waals surface area contributed by atoms with Crippen LogP contribution in [0.5, 0.6) is 5.75 Å². The second-order valence-corrected chi connectivity index (χ2v) is 4.02. The van der Waals surface area contributed by atoms with E-state index in [9.17, 15) is 9.50 Å². The Labute approximate surface area is 105 Å². The number of hydrogen-bond donors (Lipinski definition) is 1. The van der Waals surface area contributed by atoms with E-state index in [0.29, 0.717) is 5.56 Å². The minimum absolute atomic E-state index is 0.170. The molecule has 3 nitrogen and oxygen atoms in total. The average molecular weight is 247 g/mol. The van der Waals surface area contributed by atoms with Crippen LogP contribution >= 0.6 is 0 Å². The zero-order valence-electron chi connectivity index (χ0n) is 10.0. The molecule has 18 heavy (non-hydrogen) atoms. The summed E-state index contributed by atoms with van der Waals surface area (Å²) in [6.07, 6.45) is 2.65. The standard InChI is InChI=1S/C14H14FNO2/c1-10(17)12-4-5-14(13(15)7-12)18-9-11-3-2-6-16-8-11/h2-8,10,17H,9H2,1H3/t10-/m0/s1. The van der Waals surface area contributed by atoms with Gasteiger partial charge in [-0.3, -0.25) is 4.98 Å². The van der Waals surface area contributed by atoms with Crippen LogP contribution in [0.3, 0.4) is 0 Å². The van der Waals surface area contributed by atoms with E-state index in [2.05, 4.69) is 4.98 Å². The van der Waals surface area contributed by atoms with Crippen molar-refractivity contribution in [3.8, 4) is 5.75 Å². The lowest BCUT2D eigenvalue weighted by Gasteiger charge is -2.09. The maximum Gasteiger partial charge on any atom is 0.165 e. The first-order valence-electron chi connectivity index (χ1n) is 5.66. The van der Waals surface area contributed by atoms with Gasteiger partial charge in [-0.15, -0.1) is 0 Å². The van der Waals surface area contributed by atoms with Crippen LogP contribution in [-0.2, 0) is 6.61 Å². The van der Waals surface area contributed by atoms with Gasteiger partial charge in [0.05, 0.1) is 6.10 Å². The van der Waals surface area contributed by atoms with Gasteiger partial charge < -0.3 is 9.84 Å². The Morgan fingerprint density at radius 3 is 2.83 bits per heavy atom. The predicted molar refractivity (Wildman–Crippen MR) is 65.6 cm³/mol. The highest BCUT2D eigenvalue weighted by atomic mass is 19.1. The van der Waals surface area contributed by atoms with Crippen molar-refractivity contribution in [1.82, 2.24) is 4.98 Å². The molecule has 1 aromatic heterocycles. The van der Waals surface area contributed by atoms with Crippen LogP contribution in [0, 0.1) is 5.82 Å². The van der Waals surface area contributed by atoms with Gasteiger partial charge in [-0.2, -0.15) is 0 Å². The quantitative estimate of drug-likeness (QED) is 0.903. The van der Waals surface area contributed by atoms with Crippen LogP contribution in [0.4, 0.5) is 4.39 Å². The number of aromatic nitrogens is 1. The van der Waals surface area contributed by atoms with Crippen molar-refractivity contribution in [2.75, 3.05) is 0 Å². The molecule has 0 bridgehead atoms. The van der Waals surface area contributed by atoms with E-state index in [4.69, 9.17) is 4.74 Å². The molecule has 0 fully saturated rings. The van der Waals surface area contributed by atoms with E-state index in [1.54, 1.807) is 31.5 Å². The highest BCUT2D eigenvalue weighted by molar-refractivity contribution is 5.30. The molecular formula is C14H14FNO2. The maximum atomic E-state index is 13.7. The molecule has 0 aliphatic rings. The molecule has 0 spiro atoms. The fourth-order valence-corrected chi connectivity index (χ4v) is 1.54. The fourth-order valence-electron chi connectivity index (χ4n) is 1.54. The lowest BCUT2D eigenvalue weighted by molar-refractivity contribution is 0.198. The molecule has 0 unspecified atom stereocenters.